The number of anilines is 1. The average Bonchev–Trinajstić information content (AvgIpc) is 3.28. The second-order valence-electron chi connectivity index (χ2n) is 5.51. The molecule has 0 saturated carbocycles. The van der Waals surface area contributed by atoms with Crippen LogP contribution in [0, 0.1) is 0 Å². The Morgan fingerprint density at radius 3 is 2.69 bits per heavy atom. The molecule has 2 heterocycles. The number of thiophene rings is 1. The first-order chi connectivity index (χ1) is 12.6. The summed E-state index contributed by atoms with van der Waals surface area (Å²) in [7, 11) is 0. The quantitative estimate of drug-likeness (QED) is 0.651. The van der Waals surface area contributed by atoms with Gasteiger partial charge in [0.05, 0.1) is 12.7 Å². The Kier molecular flexibility index (Phi) is 6.04. The van der Waals surface area contributed by atoms with E-state index in [4.69, 9.17) is 11.6 Å². The topological polar surface area (TPSA) is 76.0 Å². The van der Waals surface area contributed by atoms with Crippen LogP contribution in [0.1, 0.15) is 21.7 Å². The lowest BCUT2D eigenvalue weighted by atomic mass is 10.2. The summed E-state index contributed by atoms with van der Waals surface area (Å²) < 4.78 is 1.73. The zero-order valence-corrected chi connectivity index (χ0v) is 15.4. The first kappa shape index (κ1) is 18.2. The summed E-state index contributed by atoms with van der Waals surface area (Å²) >= 11 is 7.43. The van der Waals surface area contributed by atoms with E-state index in [0.717, 1.165) is 4.88 Å². The second-order valence-corrected chi connectivity index (χ2v) is 6.98. The standard InChI is InChI=1S/C18H17ClN4O2S/c19-14-5-3-13(4-6-14)18(25)20-9-8-17(24)22-16-7-10-21-23(16)12-15-2-1-11-26-15/h1-7,10-11H,8-9,12H2,(H,20,25)(H,22,24). The number of halogens is 1. The van der Waals surface area contributed by atoms with Gasteiger partial charge in [-0.2, -0.15) is 5.10 Å². The van der Waals surface area contributed by atoms with E-state index in [1.165, 1.54) is 0 Å². The van der Waals surface area contributed by atoms with Crippen molar-refractivity contribution in [3.63, 3.8) is 0 Å². The number of carbonyl (C=O) groups excluding carboxylic acids is 2. The third kappa shape index (κ3) is 4.93. The average molecular weight is 389 g/mol. The number of hydrogen-bond donors (Lipinski definition) is 2. The SMILES string of the molecule is O=C(CCNC(=O)c1ccc(Cl)cc1)Nc1ccnn1Cc1cccs1. The number of amides is 2. The Morgan fingerprint density at radius 2 is 1.96 bits per heavy atom. The number of nitrogens with one attached hydrogen (secondary N) is 2. The van der Waals surface area contributed by atoms with Gasteiger partial charge in [-0.25, -0.2) is 4.68 Å². The van der Waals surface area contributed by atoms with Gasteiger partial charge in [0.1, 0.15) is 5.82 Å². The van der Waals surface area contributed by atoms with Gasteiger partial charge in [-0.1, -0.05) is 17.7 Å². The summed E-state index contributed by atoms with van der Waals surface area (Å²) in [6.07, 6.45) is 1.81. The zero-order valence-electron chi connectivity index (χ0n) is 13.8. The molecule has 0 spiro atoms. The highest BCUT2D eigenvalue weighted by atomic mass is 35.5. The van der Waals surface area contributed by atoms with E-state index < -0.39 is 0 Å². The van der Waals surface area contributed by atoms with E-state index in [1.54, 1.807) is 52.5 Å². The normalized spacial score (nSPS) is 10.5. The molecule has 0 fully saturated rings. The maximum absolute atomic E-state index is 12.1. The number of nitrogens with zero attached hydrogens (tertiary/aromatic N) is 2. The number of hydrogen-bond acceptors (Lipinski definition) is 4. The van der Waals surface area contributed by atoms with Crippen molar-refractivity contribution in [2.45, 2.75) is 13.0 Å². The van der Waals surface area contributed by atoms with Gasteiger partial charge in [-0.15, -0.1) is 11.3 Å². The Bertz CT molecular complexity index is 875. The molecule has 0 atom stereocenters. The van der Waals surface area contributed by atoms with Gasteiger partial charge in [0, 0.05) is 34.5 Å². The molecular formula is C18H17ClN4O2S. The molecule has 2 amide bonds. The Balaban J connectivity index is 1.47. The van der Waals surface area contributed by atoms with E-state index in [1.807, 2.05) is 17.5 Å². The summed E-state index contributed by atoms with van der Waals surface area (Å²) in [5.41, 5.74) is 0.504. The van der Waals surface area contributed by atoms with Crippen molar-refractivity contribution in [1.82, 2.24) is 15.1 Å². The fraction of sp³-hybridized carbons (Fsp3) is 0.167. The van der Waals surface area contributed by atoms with Crippen LogP contribution in [-0.2, 0) is 11.3 Å². The molecule has 6 nitrogen and oxygen atoms in total. The van der Waals surface area contributed by atoms with Gasteiger partial charge in [-0.05, 0) is 35.7 Å². The fourth-order valence-corrected chi connectivity index (χ4v) is 3.13. The second kappa shape index (κ2) is 8.64. The highest BCUT2D eigenvalue weighted by Gasteiger charge is 2.10. The van der Waals surface area contributed by atoms with Crippen LogP contribution in [0.25, 0.3) is 0 Å². The molecular weight excluding hydrogens is 372 g/mol. The monoisotopic (exact) mass is 388 g/mol. The molecule has 0 aliphatic heterocycles. The molecule has 2 aromatic heterocycles. The van der Waals surface area contributed by atoms with Gasteiger partial charge >= 0.3 is 0 Å². The van der Waals surface area contributed by atoms with Gasteiger partial charge in [0.25, 0.3) is 5.91 Å². The summed E-state index contributed by atoms with van der Waals surface area (Å²) in [4.78, 5) is 25.2. The minimum absolute atomic E-state index is 0.170. The summed E-state index contributed by atoms with van der Waals surface area (Å²) in [5.74, 6) is 0.207. The van der Waals surface area contributed by atoms with Crippen LogP contribution in [0.5, 0.6) is 0 Å². The predicted molar refractivity (Wildman–Crippen MR) is 103 cm³/mol. The van der Waals surface area contributed by atoms with Gasteiger partial charge in [0.15, 0.2) is 0 Å². The number of aromatic nitrogens is 2. The van der Waals surface area contributed by atoms with Crippen molar-refractivity contribution in [1.29, 1.82) is 0 Å². The first-order valence-corrected chi connectivity index (χ1v) is 9.25. The van der Waals surface area contributed by atoms with Crippen molar-refractivity contribution in [3.8, 4) is 0 Å². The van der Waals surface area contributed by atoms with Crippen LogP contribution in [0.2, 0.25) is 5.02 Å². The Labute approximate surface area is 159 Å². The van der Waals surface area contributed by atoms with Crippen LogP contribution in [-0.4, -0.2) is 28.1 Å². The van der Waals surface area contributed by atoms with Gasteiger partial charge in [0.2, 0.25) is 5.91 Å². The van der Waals surface area contributed by atoms with Crippen LogP contribution in [0.4, 0.5) is 5.82 Å². The molecule has 26 heavy (non-hydrogen) atoms. The lowest BCUT2D eigenvalue weighted by Crippen LogP contribution is -2.28. The molecule has 0 unspecified atom stereocenters. The highest BCUT2D eigenvalue weighted by molar-refractivity contribution is 7.09. The predicted octanol–water partition coefficient (Wildman–Crippen LogP) is 3.40. The van der Waals surface area contributed by atoms with E-state index in [0.29, 0.717) is 22.9 Å². The lowest BCUT2D eigenvalue weighted by Gasteiger charge is -2.09. The first-order valence-electron chi connectivity index (χ1n) is 7.99. The summed E-state index contributed by atoms with van der Waals surface area (Å²) in [5, 5.41) is 12.3. The number of rotatable bonds is 7. The van der Waals surface area contributed by atoms with E-state index >= 15 is 0 Å². The van der Waals surface area contributed by atoms with E-state index in [9.17, 15) is 9.59 Å². The molecule has 0 bridgehead atoms. The van der Waals surface area contributed by atoms with E-state index in [-0.39, 0.29) is 24.8 Å². The van der Waals surface area contributed by atoms with Crippen molar-refractivity contribution >= 4 is 40.6 Å². The Morgan fingerprint density at radius 1 is 1.15 bits per heavy atom. The van der Waals surface area contributed by atoms with Crippen LogP contribution in [0.3, 0.4) is 0 Å². The minimum Gasteiger partial charge on any atom is -0.352 e. The molecule has 134 valence electrons. The van der Waals surface area contributed by atoms with Crippen LogP contribution < -0.4 is 10.6 Å². The molecule has 0 aliphatic carbocycles. The van der Waals surface area contributed by atoms with Crippen molar-refractivity contribution in [3.05, 3.63) is 69.5 Å². The van der Waals surface area contributed by atoms with E-state index in [2.05, 4.69) is 15.7 Å². The lowest BCUT2D eigenvalue weighted by molar-refractivity contribution is -0.116. The molecule has 0 saturated heterocycles. The van der Waals surface area contributed by atoms with Gasteiger partial charge in [-0.3, -0.25) is 9.59 Å². The smallest absolute Gasteiger partial charge is 0.251 e. The van der Waals surface area contributed by atoms with Crippen LogP contribution >= 0.6 is 22.9 Å². The van der Waals surface area contributed by atoms with Crippen molar-refractivity contribution < 1.29 is 9.59 Å². The third-order valence-corrected chi connectivity index (χ3v) is 4.73. The molecule has 3 rings (SSSR count). The molecule has 0 radical (unpaired) electrons. The molecule has 3 aromatic rings. The maximum Gasteiger partial charge on any atom is 0.251 e. The van der Waals surface area contributed by atoms with Gasteiger partial charge < -0.3 is 10.6 Å². The highest BCUT2D eigenvalue weighted by Crippen LogP contribution is 2.14. The molecule has 8 heteroatoms. The largest absolute Gasteiger partial charge is 0.352 e. The molecule has 0 aliphatic rings. The fourth-order valence-electron chi connectivity index (χ4n) is 2.31. The Hall–Kier alpha value is -2.64. The molecule has 1 aromatic carbocycles. The maximum atomic E-state index is 12.1. The molecule has 2 N–H and O–H groups in total. The van der Waals surface area contributed by atoms with Crippen molar-refractivity contribution in [2.24, 2.45) is 0 Å². The minimum atomic E-state index is -0.239. The third-order valence-electron chi connectivity index (χ3n) is 3.61. The summed E-state index contributed by atoms with van der Waals surface area (Å²) in [6, 6.07) is 12.3. The van der Waals surface area contributed by atoms with Crippen molar-refractivity contribution in [2.75, 3.05) is 11.9 Å². The van der Waals surface area contributed by atoms with Crippen LogP contribution in [0.15, 0.2) is 54.0 Å². The summed E-state index contributed by atoms with van der Waals surface area (Å²) in [6.45, 7) is 0.847. The number of carbonyl (C=O) groups is 2. The zero-order chi connectivity index (χ0) is 18.4. The number of benzene rings is 1.